The van der Waals surface area contributed by atoms with Gasteiger partial charge in [0, 0.05) is 7.11 Å². The number of hydrogen-bond acceptors (Lipinski definition) is 3. The Morgan fingerprint density at radius 2 is 2.18 bits per heavy atom. The third kappa shape index (κ3) is 5.71. The van der Waals surface area contributed by atoms with Crippen LogP contribution in [0.2, 0.25) is 0 Å². The van der Waals surface area contributed by atoms with Crippen LogP contribution in [-0.4, -0.2) is 24.9 Å². The van der Waals surface area contributed by atoms with E-state index in [9.17, 15) is 5.11 Å². The normalized spacial score (nSPS) is 12.4. The van der Waals surface area contributed by atoms with Crippen LogP contribution in [-0.2, 0) is 11.3 Å². The predicted octanol–water partition coefficient (Wildman–Crippen LogP) is 2.76. The third-order valence-corrected chi connectivity index (χ3v) is 2.63. The molecule has 1 atom stereocenters. The zero-order valence-corrected chi connectivity index (χ0v) is 10.7. The van der Waals surface area contributed by atoms with Crippen molar-refractivity contribution in [3.63, 3.8) is 0 Å². The maximum atomic E-state index is 9.40. The molecule has 1 unspecified atom stereocenters. The fourth-order valence-electron chi connectivity index (χ4n) is 1.60. The molecule has 1 aromatic rings. The fourth-order valence-corrected chi connectivity index (χ4v) is 1.60. The molecule has 0 bridgehead atoms. The number of aliphatic hydroxyl groups is 1. The minimum absolute atomic E-state index is 0.196. The van der Waals surface area contributed by atoms with Crippen molar-refractivity contribution >= 4 is 0 Å². The van der Waals surface area contributed by atoms with E-state index in [1.807, 2.05) is 31.2 Å². The van der Waals surface area contributed by atoms with Gasteiger partial charge in [0.15, 0.2) is 0 Å². The Hall–Kier alpha value is -1.06. The number of methoxy groups -OCH3 is 1. The molecule has 0 fully saturated rings. The summed E-state index contributed by atoms with van der Waals surface area (Å²) in [6.45, 7) is 3.24. The average Bonchev–Trinajstić information content (AvgIpc) is 2.35. The summed E-state index contributed by atoms with van der Waals surface area (Å²) in [5.41, 5.74) is 1.11. The minimum Gasteiger partial charge on any atom is -0.494 e. The van der Waals surface area contributed by atoms with E-state index in [-0.39, 0.29) is 6.10 Å². The van der Waals surface area contributed by atoms with Crippen LogP contribution in [0.3, 0.4) is 0 Å². The quantitative estimate of drug-likeness (QED) is 0.708. The Balaban J connectivity index is 2.28. The van der Waals surface area contributed by atoms with Gasteiger partial charge in [0.1, 0.15) is 5.75 Å². The van der Waals surface area contributed by atoms with E-state index >= 15 is 0 Å². The van der Waals surface area contributed by atoms with Gasteiger partial charge in [0.25, 0.3) is 0 Å². The average molecular weight is 238 g/mol. The van der Waals surface area contributed by atoms with E-state index in [2.05, 4.69) is 0 Å². The summed E-state index contributed by atoms with van der Waals surface area (Å²) in [6, 6.07) is 7.90. The molecule has 1 aromatic carbocycles. The van der Waals surface area contributed by atoms with Crippen LogP contribution in [0, 0.1) is 0 Å². The minimum atomic E-state index is -0.196. The molecule has 96 valence electrons. The summed E-state index contributed by atoms with van der Waals surface area (Å²) in [6.07, 6.45) is 2.29. The first-order chi connectivity index (χ1) is 8.26. The summed E-state index contributed by atoms with van der Waals surface area (Å²) in [5.74, 6) is 0.866. The van der Waals surface area contributed by atoms with Crippen molar-refractivity contribution in [3.8, 4) is 5.75 Å². The fraction of sp³-hybridized carbons (Fsp3) is 0.571. The Kier molecular flexibility index (Phi) is 6.67. The summed E-state index contributed by atoms with van der Waals surface area (Å²) in [5, 5.41) is 9.40. The van der Waals surface area contributed by atoms with Gasteiger partial charge in [-0.25, -0.2) is 0 Å². The van der Waals surface area contributed by atoms with E-state index in [4.69, 9.17) is 9.47 Å². The number of rotatable bonds is 8. The molecular weight excluding hydrogens is 216 g/mol. The lowest BCUT2D eigenvalue weighted by Crippen LogP contribution is -2.07. The zero-order chi connectivity index (χ0) is 12.5. The van der Waals surface area contributed by atoms with E-state index in [0.717, 1.165) is 30.6 Å². The first-order valence-corrected chi connectivity index (χ1v) is 6.15. The summed E-state index contributed by atoms with van der Waals surface area (Å²) < 4.78 is 10.7. The molecule has 0 saturated carbocycles. The molecule has 0 aliphatic rings. The maximum Gasteiger partial charge on any atom is 0.119 e. The number of hydrogen-bond donors (Lipinski definition) is 1. The molecular formula is C14H22O3. The Morgan fingerprint density at radius 3 is 2.88 bits per heavy atom. The third-order valence-electron chi connectivity index (χ3n) is 2.63. The Morgan fingerprint density at radius 1 is 1.35 bits per heavy atom. The maximum absolute atomic E-state index is 9.40. The van der Waals surface area contributed by atoms with E-state index < -0.39 is 0 Å². The smallest absolute Gasteiger partial charge is 0.119 e. The Bertz CT molecular complexity index is 312. The SMILES string of the molecule is CCC(O)CCCOc1cccc(COC)c1. The van der Waals surface area contributed by atoms with Gasteiger partial charge in [-0.1, -0.05) is 19.1 Å². The van der Waals surface area contributed by atoms with Crippen molar-refractivity contribution in [2.75, 3.05) is 13.7 Å². The van der Waals surface area contributed by atoms with Crippen LogP contribution in [0.25, 0.3) is 0 Å². The summed E-state index contributed by atoms with van der Waals surface area (Å²) in [7, 11) is 1.68. The highest BCUT2D eigenvalue weighted by Gasteiger charge is 2.01. The molecule has 3 nitrogen and oxygen atoms in total. The first-order valence-electron chi connectivity index (χ1n) is 6.15. The van der Waals surface area contributed by atoms with Gasteiger partial charge in [-0.15, -0.1) is 0 Å². The summed E-state index contributed by atoms with van der Waals surface area (Å²) >= 11 is 0. The molecule has 1 rings (SSSR count). The summed E-state index contributed by atoms with van der Waals surface area (Å²) in [4.78, 5) is 0. The first kappa shape index (κ1) is 14.0. The van der Waals surface area contributed by atoms with Gasteiger partial charge in [-0.3, -0.25) is 0 Å². The second-order valence-corrected chi connectivity index (χ2v) is 4.13. The molecule has 0 spiro atoms. The van der Waals surface area contributed by atoms with Crippen molar-refractivity contribution in [2.24, 2.45) is 0 Å². The van der Waals surface area contributed by atoms with Gasteiger partial charge < -0.3 is 14.6 Å². The Labute approximate surface area is 103 Å². The van der Waals surface area contributed by atoms with Crippen LogP contribution in [0.1, 0.15) is 31.7 Å². The highest BCUT2D eigenvalue weighted by atomic mass is 16.5. The molecule has 1 N–H and O–H groups in total. The molecule has 0 radical (unpaired) electrons. The van der Waals surface area contributed by atoms with Crippen LogP contribution in [0.5, 0.6) is 5.75 Å². The lowest BCUT2D eigenvalue weighted by atomic mass is 10.1. The highest BCUT2D eigenvalue weighted by molar-refractivity contribution is 5.28. The van der Waals surface area contributed by atoms with Crippen LogP contribution in [0.15, 0.2) is 24.3 Å². The number of ether oxygens (including phenoxy) is 2. The van der Waals surface area contributed by atoms with Crippen LogP contribution < -0.4 is 4.74 Å². The standard InChI is InChI=1S/C14H22O3/c1-3-13(15)7-5-9-17-14-8-4-6-12(10-14)11-16-2/h4,6,8,10,13,15H,3,5,7,9,11H2,1-2H3. The second-order valence-electron chi connectivity index (χ2n) is 4.13. The van der Waals surface area contributed by atoms with Crippen LogP contribution >= 0.6 is 0 Å². The molecule has 0 heterocycles. The van der Waals surface area contributed by atoms with Gasteiger partial charge in [-0.2, -0.15) is 0 Å². The highest BCUT2D eigenvalue weighted by Crippen LogP contribution is 2.14. The molecule has 0 saturated heterocycles. The molecule has 0 amide bonds. The molecule has 0 aliphatic carbocycles. The van der Waals surface area contributed by atoms with Gasteiger partial charge in [0.05, 0.1) is 19.3 Å². The molecule has 17 heavy (non-hydrogen) atoms. The number of benzene rings is 1. The molecule has 0 aliphatic heterocycles. The largest absolute Gasteiger partial charge is 0.494 e. The number of aliphatic hydroxyl groups excluding tert-OH is 1. The molecule has 3 heteroatoms. The zero-order valence-electron chi connectivity index (χ0n) is 10.7. The van der Waals surface area contributed by atoms with Crippen molar-refractivity contribution in [3.05, 3.63) is 29.8 Å². The van der Waals surface area contributed by atoms with Crippen molar-refractivity contribution in [1.82, 2.24) is 0 Å². The lowest BCUT2D eigenvalue weighted by molar-refractivity contribution is 0.148. The monoisotopic (exact) mass is 238 g/mol. The van der Waals surface area contributed by atoms with Crippen molar-refractivity contribution in [2.45, 2.75) is 38.9 Å². The van der Waals surface area contributed by atoms with E-state index in [0.29, 0.717) is 13.2 Å². The molecule has 0 aromatic heterocycles. The van der Waals surface area contributed by atoms with Crippen molar-refractivity contribution in [1.29, 1.82) is 0 Å². The predicted molar refractivity (Wildman–Crippen MR) is 68.2 cm³/mol. The second kappa shape index (κ2) is 8.09. The van der Waals surface area contributed by atoms with Crippen molar-refractivity contribution < 1.29 is 14.6 Å². The van der Waals surface area contributed by atoms with E-state index in [1.165, 1.54) is 0 Å². The van der Waals surface area contributed by atoms with E-state index in [1.54, 1.807) is 7.11 Å². The van der Waals surface area contributed by atoms with Gasteiger partial charge >= 0.3 is 0 Å². The lowest BCUT2D eigenvalue weighted by Gasteiger charge is -2.09. The van der Waals surface area contributed by atoms with Gasteiger partial charge in [0.2, 0.25) is 0 Å². The van der Waals surface area contributed by atoms with Crippen LogP contribution in [0.4, 0.5) is 0 Å². The van der Waals surface area contributed by atoms with Gasteiger partial charge in [-0.05, 0) is 37.0 Å². The topological polar surface area (TPSA) is 38.7 Å².